The van der Waals surface area contributed by atoms with Crippen LogP contribution in [0.3, 0.4) is 0 Å². The fourth-order valence-corrected chi connectivity index (χ4v) is 4.33. The monoisotopic (exact) mass is 381 g/mol. The molecule has 1 aromatic rings. The fraction of sp³-hybridized carbons (Fsp3) is 0.533. The number of carboxylic acid groups (broad SMARTS) is 1. The number of benzene rings is 1. The van der Waals surface area contributed by atoms with Crippen LogP contribution in [0.25, 0.3) is 0 Å². The molecular formula is C15H18F3NO5S. The molecule has 0 aromatic heterocycles. The predicted molar refractivity (Wildman–Crippen MR) is 81.7 cm³/mol. The van der Waals surface area contributed by atoms with Gasteiger partial charge < -0.3 is 9.84 Å². The van der Waals surface area contributed by atoms with Crippen LogP contribution in [0.2, 0.25) is 0 Å². The summed E-state index contributed by atoms with van der Waals surface area (Å²) in [5, 5.41) is 9.11. The number of carbonyl (C=O) groups is 1. The minimum atomic E-state index is -4.49. The Balaban J connectivity index is 2.17. The first-order chi connectivity index (χ1) is 11.5. The number of aliphatic carboxylic acids is 1. The second kappa shape index (κ2) is 7.20. The van der Waals surface area contributed by atoms with Gasteiger partial charge in [-0.05, 0) is 44.0 Å². The van der Waals surface area contributed by atoms with Crippen LogP contribution in [-0.4, -0.2) is 49.2 Å². The third-order valence-electron chi connectivity index (χ3n) is 4.01. The molecule has 1 aliphatic rings. The van der Waals surface area contributed by atoms with Gasteiger partial charge in [0.2, 0.25) is 10.0 Å². The minimum Gasteiger partial charge on any atom is -0.484 e. The van der Waals surface area contributed by atoms with Gasteiger partial charge >= 0.3 is 12.1 Å². The summed E-state index contributed by atoms with van der Waals surface area (Å²) in [7, 11) is -3.95. The van der Waals surface area contributed by atoms with E-state index < -0.39 is 34.7 Å². The van der Waals surface area contributed by atoms with Crippen molar-refractivity contribution in [2.75, 3.05) is 13.2 Å². The molecule has 1 N–H and O–H groups in total. The van der Waals surface area contributed by atoms with Crippen LogP contribution >= 0.6 is 0 Å². The summed E-state index contributed by atoms with van der Waals surface area (Å²) < 4.78 is 67.4. The highest BCUT2D eigenvalue weighted by molar-refractivity contribution is 7.89. The molecule has 0 bridgehead atoms. The topological polar surface area (TPSA) is 83.9 Å². The van der Waals surface area contributed by atoms with E-state index in [0.29, 0.717) is 12.8 Å². The Morgan fingerprint density at radius 2 is 1.88 bits per heavy atom. The molecule has 140 valence electrons. The van der Waals surface area contributed by atoms with E-state index in [4.69, 9.17) is 5.11 Å². The number of carboxylic acids is 1. The number of alkyl halides is 3. The maximum Gasteiger partial charge on any atom is 0.422 e. The van der Waals surface area contributed by atoms with Gasteiger partial charge in [-0.1, -0.05) is 0 Å². The zero-order valence-corrected chi connectivity index (χ0v) is 14.2. The third kappa shape index (κ3) is 4.85. The highest BCUT2D eigenvalue weighted by Crippen LogP contribution is 2.29. The van der Waals surface area contributed by atoms with Crippen LogP contribution < -0.4 is 4.74 Å². The normalized spacial score (nSPS) is 22.6. The molecule has 1 heterocycles. The average Bonchev–Trinajstić information content (AvgIpc) is 2.52. The molecule has 6 nitrogen and oxygen atoms in total. The van der Waals surface area contributed by atoms with Crippen LogP contribution in [0.1, 0.15) is 19.8 Å². The lowest BCUT2D eigenvalue weighted by Gasteiger charge is -2.35. The van der Waals surface area contributed by atoms with E-state index in [-0.39, 0.29) is 23.2 Å². The molecule has 2 unspecified atom stereocenters. The average molecular weight is 381 g/mol. The smallest absolute Gasteiger partial charge is 0.422 e. The maximum absolute atomic E-state index is 12.7. The maximum atomic E-state index is 12.7. The van der Waals surface area contributed by atoms with Gasteiger partial charge in [0.05, 0.1) is 10.8 Å². The van der Waals surface area contributed by atoms with Crippen molar-refractivity contribution < 1.29 is 36.2 Å². The summed E-state index contributed by atoms with van der Waals surface area (Å²) in [4.78, 5) is 11.0. The second-order valence-electron chi connectivity index (χ2n) is 5.91. The molecule has 0 aliphatic carbocycles. The quantitative estimate of drug-likeness (QED) is 0.847. The zero-order chi connectivity index (χ0) is 18.8. The van der Waals surface area contributed by atoms with Gasteiger partial charge in [0, 0.05) is 12.6 Å². The largest absolute Gasteiger partial charge is 0.484 e. The summed E-state index contributed by atoms with van der Waals surface area (Å²) in [6, 6.07) is 4.22. The third-order valence-corrected chi connectivity index (χ3v) is 6.00. The number of hydrogen-bond acceptors (Lipinski definition) is 4. The van der Waals surface area contributed by atoms with Crippen molar-refractivity contribution in [2.24, 2.45) is 5.92 Å². The van der Waals surface area contributed by atoms with Crippen LogP contribution in [0.15, 0.2) is 29.2 Å². The van der Waals surface area contributed by atoms with E-state index in [0.717, 1.165) is 28.6 Å². The number of sulfonamides is 1. The number of nitrogens with zero attached hydrogens (tertiary/aromatic N) is 1. The predicted octanol–water partition coefficient (Wildman–Crippen LogP) is 2.50. The molecule has 0 saturated carbocycles. The Bertz CT molecular complexity index is 718. The molecule has 0 amide bonds. The van der Waals surface area contributed by atoms with Gasteiger partial charge in [-0.3, -0.25) is 4.79 Å². The summed E-state index contributed by atoms with van der Waals surface area (Å²) >= 11 is 0. The molecular weight excluding hydrogens is 363 g/mol. The molecule has 1 fully saturated rings. The standard InChI is InChI=1S/C15H18F3NO5S/c1-10-2-3-11(14(20)21)8-19(10)25(22,23)13-6-4-12(5-7-13)24-9-15(16,17)18/h4-7,10-11H,2-3,8-9H2,1H3,(H,20,21). The minimum absolute atomic E-state index is 0.105. The molecule has 1 saturated heterocycles. The molecule has 2 atom stereocenters. The molecule has 1 aromatic carbocycles. The molecule has 25 heavy (non-hydrogen) atoms. The summed E-state index contributed by atoms with van der Waals surface area (Å²) in [5.74, 6) is -1.94. The van der Waals surface area contributed by atoms with Gasteiger partial charge in [-0.2, -0.15) is 17.5 Å². The van der Waals surface area contributed by atoms with Crippen molar-refractivity contribution in [1.82, 2.24) is 4.31 Å². The van der Waals surface area contributed by atoms with Gasteiger partial charge in [-0.15, -0.1) is 0 Å². The van der Waals surface area contributed by atoms with Crippen molar-refractivity contribution in [3.05, 3.63) is 24.3 Å². The fourth-order valence-electron chi connectivity index (χ4n) is 2.62. The van der Waals surface area contributed by atoms with Crippen LogP contribution in [-0.2, 0) is 14.8 Å². The highest BCUT2D eigenvalue weighted by atomic mass is 32.2. The van der Waals surface area contributed by atoms with Crippen molar-refractivity contribution in [1.29, 1.82) is 0 Å². The summed E-state index contributed by atoms with van der Waals surface area (Å²) in [6.45, 7) is 0.0874. The number of rotatable bonds is 5. The van der Waals surface area contributed by atoms with Crippen LogP contribution in [0.5, 0.6) is 5.75 Å². The van der Waals surface area contributed by atoms with Crippen LogP contribution in [0.4, 0.5) is 13.2 Å². The van der Waals surface area contributed by atoms with E-state index in [2.05, 4.69) is 4.74 Å². The molecule has 2 rings (SSSR count). The van der Waals surface area contributed by atoms with Crippen molar-refractivity contribution >= 4 is 16.0 Å². The second-order valence-corrected chi connectivity index (χ2v) is 7.80. The molecule has 0 radical (unpaired) electrons. The first-order valence-electron chi connectivity index (χ1n) is 7.55. The van der Waals surface area contributed by atoms with Crippen molar-refractivity contribution in [3.63, 3.8) is 0 Å². The van der Waals surface area contributed by atoms with Gasteiger partial charge in [0.15, 0.2) is 6.61 Å². The van der Waals surface area contributed by atoms with Gasteiger partial charge in [0.25, 0.3) is 0 Å². The molecule has 1 aliphatic heterocycles. The lowest BCUT2D eigenvalue weighted by Crippen LogP contribution is -2.47. The van der Waals surface area contributed by atoms with Gasteiger partial charge in [-0.25, -0.2) is 8.42 Å². The summed E-state index contributed by atoms with van der Waals surface area (Å²) in [5.41, 5.74) is 0. The Hall–Kier alpha value is -1.81. The van der Waals surface area contributed by atoms with E-state index in [1.165, 1.54) is 0 Å². The number of piperidine rings is 1. The molecule has 10 heteroatoms. The lowest BCUT2D eigenvalue weighted by atomic mass is 9.96. The van der Waals surface area contributed by atoms with E-state index in [1.54, 1.807) is 6.92 Å². The van der Waals surface area contributed by atoms with Crippen molar-refractivity contribution in [3.8, 4) is 5.75 Å². The summed E-state index contributed by atoms with van der Waals surface area (Å²) in [6.07, 6.45) is -3.67. The van der Waals surface area contributed by atoms with E-state index >= 15 is 0 Å². The highest BCUT2D eigenvalue weighted by Gasteiger charge is 2.37. The van der Waals surface area contributed by atoms with Gasteiger partial charge in [0.1, 0.15) is 5.75 Å². The number of hydrogen-bond donors (Lipinski definition) is 1. The first-order valence-corrected chi connectivity index (χ1v) is 8.99. The number of ether oxygens (including phenoxy) is 1. The first kappa shape index (κ1) is 19.5. The number of halogens is 3. The zero-order valence-electron chi connectivity index (χ0n) is 13.4. The SMILES string of the molecule is CC1CCC(C(=O)O)CN1S(=O)(=O)c1ccc(OCC(F)(F)F)cc1. The van der Waals surface area contributed by atoms with Crippen molar-refractivity contribution in [2.45, 2.75) is 36.9 Å². The van der Waals surface area contributed by atoms with Crippen LogP contribution in [0, 0.1) is 5.92 Å². The Labute approximate surface area is 143 Å². The Morgan fingerprint density at radius 3 is 2.40 bits per heavy atom. The molecule has 0 spiro atoms. The Kier molecular flexibility index (Phi) is 5.62. The van der Waals surface area contributed by atoms with E-state index in [9.17, 15) is 26.4 Å². The lowest BCUT2D eigenvalue weighted by molar-refractivity contribution is -0.153. The Morgan fingerprint density at radius 1 is 1.28 bits per heavy atom. The van der Waals surface area contributed by atoms with E-state index in [1.807, 2.05) is 0 Å².